The number of nitrogens with one attached hydrogen (secondary N) is 2. The summed E-state index contributed by atoms with van der Waals surface area (Å²) in [4.78, 5) is 34.8. The van der Waals surface area contributed by atoms with Gasteiger partial charge in [-0.3, -0.25) is 14.9 Å². The molecular weight excluding hydrogens is 314 g/mol. The number of nitrogens with zero attached hydrogens (tertiary/aromatic N) is 1. The van der Waals surface area contributed by atoms with Gasteiger partial charge in [0.1, 0.15) is 6.04 Å². The molecule has 0 radical (unpaired) electrons. The van der Waals surface area contributed by atoms with E-state index in [4.69, 9.17) is 0 Å². The molecule has 1 amide bonds. The van der Waals surface area contributed by atoms with Crippen molar-refractivity contribution >= 4 is 23.3 Å². The number of nitro groups is 1. The Balaban J connectivity index is 2.06. The monoisotopic (exact) mass is 335 g/mol. The van der Waals surface area contributed by atoms with Gasteiger partial charge in [0.15, 0.2) is 0 Å². The zero-order valence-electron chi connectivity index (χ0n) is 13.5. The molecule has 1 saturated heterocycles. The number of carbonyl (C=O) groups excluding carboxylic acids is 2. The van der Waals surface area contributed by atoms with Crippen LogP contribution < -0.4 is 15.3 Å². The highest BCUT2D eigenvalue weighted by Crippen LogP contribution is 2.22. The summed E-state index contributed by atoms with van der Waals surface area (Å²) in [5, 5.41) is 24.8. The number of anilines is 1. The van der Waals surface area contributed by atoms with Crippen molar-refractivity contribution in [2.75, 3.05) is 18.4 Å². The molecular formula is C16H21N3O5. The number of aryl methyl sites for hydroxylation is 1. The van der Waals surface area contributed by atoms with Gasteiger partial charge in [0, 0.05) is 12.1 Å². The summed E-state index contributed by atoms with van der Waals surface area (Å²) in [6.45, 7) is 3.13. The molecule has 1 aliphatic heterocycles. The number of likely N-dealkylation sites (tertiary alicyclic amines) is 1. The molecule has 1 aromatic rings. The molecule has 1 heterocycles. The number of carboxylic acid groups (broad SMARTS) is 1. The highest BCUT2D eigenvalue weighted by Gasteiger charge is 2.28. The largest absolute Gasteiger partial charge is 0.544 e. The third kappa shape index (κ3) is 4.51. The molecule has 0 aromatic heterocycles. The molecule has 1 aliphatic rings. The predicted octanol–water partition coefficient (Wildman–Crippen LogP) is -0.581. The average molecular weight is 335 g/mol. The first-order valence-electron chi connectivity index (χ1n) is 7.99. The Morgan fingerprint density at radius 2 is 1.96 bits per heavy atom. The predicted molar refractivity (Wildman–Crippen MR) is 84.4 cm³/mol. The van der Waals surface area contributed by atoms with Gasteiger partial charge in [-0.05, 0) is 31.7 Å². The van der Waals surface area contributed by atoms with Crippen molar-refractivity contribution in [2.45, 2.75) is 38.6 Å². The van der Waals surface area contributed by atoms with Crippen LogP contribution in [0, 0.1) is 17.0 Å². The summed E-state index contributed by atoms with van der Waals surface area (Å²) in [6, 6.07) is 3.27. The van der Waals surface area contributed by atoms with Crippen LogP contribution in [0.4, 0.5) is 11.4 Å². The van der Waals surface area contributed by atoms with Crippen molar-refractivity contribution in [3.63, 3.8) is 0 Å². The lowest BCUT2D eigenvalue weighted by Gasteiger charge is -2.31. The first kappa shape index (κ1) is 17.9. The van der Waals surface area contributed by atoms with Crippen molar-refractivity contribution in [1.29, 1.82) is 0 Å². The van der Waals surface area contributed by atoms with Gasteiger partial charge in [-0.2, -0.15) is 0 Å². The van der Waals surface area contributed by atoms with Crippen LogP contribution in [-0.2, 0) is 9.59 Å². The number of carbonyl (C=O) groups is 2. The summed E-state index contributed by atoms with van der Waals surface area (Å²) in [6.07, 6.45) is 2.73. The van der Waals surface area contributed by atoms with E-state index in [1.54, 1.807) is 13.0 Å². The van der Waals surface area contributed by atoms with E-state index >= 15 is 0 Å². The Labute approximate surface area is 139 Å². The Kier molecular flexibility index (Phi) is 5.86. The summed E-state index contributed by atoms with van der Waals surface area (Å²) in [7, 11) is 0. The van der Waals surface area contributed by atoms with Crippen molar-refractivity contribution in [3.05, 3.63) is 33.9 Å². The summed E-state index contributed by atoms with van der Waals surface area (Å²) < 4.78 is 0. The Hall–Kier alpha value is -2.48. The van der Waals surface area contributed by atoms with E-state index in [1.165, 1.54) is 12.1 Å². The maximum absolute atomic E-state index is 12.2. The minimum atomic E-state index is -1.24. The van der Waals surface area contributed by atoms with Gasteiger partial charge in [0.05, 0.1) is 36.1 Å². The van der Waals surface area contributed by atoms with Crippen LogP contribution in [0.3, 0.4) is 0 Å². The summed E-state index contributed by atoms with van der Waals surface area (Å²) in [5.74, 6) is -1.72. The topological polar surface area (TPSA) is 117 Å². The number of rotatable bonds is 6. The fraction of sp³-hybridized carbons (Fsp3) is 0.500. The van der Waals surface area contributed by atoms with E-state index in [-0.39, 0.29) is 12.1 Å². The number of quaternary nitrogens is 1. The lowest BCUT2D eigenvalue weighted by molar-refractivity contribution is -0.922. The van der Waals surface area contributed by atoms with Gasteiger partial charge < -0.3 is 20.1 Å². The molecule has 0 bridgehead atoms. The summed E-state index contributed by atoms with van der Waals surface area (Å²) >= 11 is 0. The molecule has 1 fully saturated rings. The molecule has 8 heteroatoms. The Bertz CT molecular complexity index is 641. The van der Waals surface area contributed by atoms with E-state index in [9.17, 15) is 24.8 Å². The fourth-order valence-corrected chi connectivity index (χ4v) is 2.99. The molecule has 1 atom stereocenters. The molecule has 130 valence electrons. The lowest BCUT2D eigenvalue weighted by Crippen LogP contribution is -3.18. The first-order valence-corrected chi connectivity index (χ1v) is 7.99. The molecule has 0 saturated carbocycles. The maximum atomic E-state index is 12.2. The van der Waals surface area contributed by atoms with Crippen LogP contribution in [0.15, 0.2) is 18.2 Å². The van der Waals surface area contributed by atoms with E-state index < -0.39 is 22.8 Å². The molecule has 24 heavy (non-hydrogen) atoms. The molecule has 1 aromatic carbocycles. The van der Waals surface area contributed by atoms with E-state index in [2.05, 4.69) is 5.32 Å². The van der Waals surface area contributed by atoms with Crippen molar-refractivity contribution in [3.8, 4) is 0 Å². The second-order valence-corrected chi connectivity index (χ2v) is 6.10. The number of carboxylic acids is 1. The number of aliphatic carboxylic acids is 1. The van der Waals surface area contributed by atoms with Crippen LogP contribution in [-0.4, -0.2) is 35.9 Å². The van der Waals surface area contributed by atoms with Gasteiger partial charge in [-0.25, -0.2) is 0 Å². The molecule has 0 aliphatic carbocycles. The van der Waals surface area contributed by atoms with E-state index in [0.29, 0.717) is 24.3 Å². The minimum Gasteiger partial charge on any atom is -0.544 e. The normalized spacial score (nSPS) is 16.4. The highest BCUT2D eigenvalue weighted by molar-refractivity contribution is 5.94. The van der Waals surface area contributed by atoms with Gasteiger partial charge >= 0.3 is 0 Å². The molecule has 0 spiro atoms. The Morgan fingerprint density at radius 3 is 2.54 bits per heavy atom. The maximum Gasteiger partial charge on any atom is 0.271 e. The van der Waals surface area contributed by atoms with Gasteiger partial charge in [-0.15, -0.1) is 0 Å². The van der Waals surface area contributed by atoms with Crippen molar-refractivity contribution < 1.29 is 24.5 Å². The molecule has 0 unspecified atom stereocenters. The van der Waals surface area contributed by atoms with Crippen LogP contribution >= 0.6 is 0 Å². The third-order valence-electron chi connectivity index (χ3n) is 4.37. The fourth-order valence-electron chi connectivity index (χ4n) is 2.99. The van der Waals surface area contributed by atoms with Gasteiger partial charge in [0.2, 0.25) is 5.91 Å². The third-order valence-corrected chi connectivity index (χ3v) is 4.37. The second-order valence-electron chi connectivity index (χ2n) is 6.10. The minimum absolute atomic E-state index is 0.131. The number of hydrogen-bond acceptors (Lipinski definition) is 5. The Morgan fingerprint density at radius 1 is 1.29 bits per heavy atom. The van der Waals surface area contributed by atoms with E-state index in [1.807, 2.05) is 0 Å². The quantitative estimate of drug-likeness (QED) is 0.533. The second kappa shape index (κ2) is 7.87. The van der Waals surface area contributed by atoms with Crippen molar-refractivity contribution in [1.82, 2.24) is 0 Å². The number of benzene rings is 1. The zero-order chi connectivity index (χ0) is 17.7. The van der Waals surface area contributed by atoms with Crippen molar-refractivity contribution in [2.24, 2.45) is 0 Å². The number of amides is 1. The van der Waals surface area contributed by atoms with Crippen LogP contribution in [0.25, 0.3) is 0 Å². The summed E-state index contributed by atoms with van der Waals surface area (Å²) in [5.41, 5.74) is 0.859. The van der Waals surface area contributed by atoms with E-state index in [0.717, 1.165) is 24.2 Å². The average Bonchev–Trinajstić information content (AvgIpc) is 2.55. The van der Waals surface area contributed by atoms with Crippen LogP contribution in [0.1, 0.15) is 31.2 Å². The first-order chi connectivity index (χ1) is 11.4. The van der Waals surface area contributed by atoms with Gasteiger partial charge in [-0.1, -0.05) is 6.07 Å². The molecule has 2 N–H and O–H groups in total. The van der Waals surface area contributed by atoms with Crippen LogP contribution in [0.5, 0.6) is 0 Å². The smallest absolute Gasteiger partial charge is 0.271 e. The number of piperidine rings is 1. The van der Waals surface area contributed by atoms with Crippen LogP contribution in [0.2, 0.25) is 0 Å². The number of non-ortho nitro benzene ring substituents is 1. The standard InChI is InChI=1S/C16H21N3O5/c1-11-5-6-12(19(23)24)9-13(11)17-15(20)10-14(16(21)22)18-7-3-2-4-8-18/h5-6,9,14H,2-4,7-8,10H2,1H3,(H,17,20)(H,21,22)/t14-/m0/s1. The SMILES string of the molecule is Cc1ccc([N+](=O)[O-])cc1NC(=O)C[C@@H](C(=O)[O-])[NH+]1CCCCC1. The zero-order valence-corrected chi connectivity index (χ0v) is 13.5. The number of hydrogen-bond donors (Lipinski definition) is 2. The molecule has 2 rings (SSSR count). The highest BCUT2D eigenvalue weighted by atomic mass is 16.6. The van der Waals surface area contributed by atoms with Gasteiger partial charge in [0.25, 0.3) is 5.69 Å². The number of nitro benzene ring substituents is 1. The lowest BCUT2D eigenvalue weighted by atomic mass is 10.1. The molecule has 8 nitrogen and oxygen atoms in total.